The SMILES string of the molecule is CCCCOC(=O)NCCCNC(=O)c1ccc2[nH]nc(-c3nc4ccc(Cl)cc4[nH]3)c2c1. The molecule has 0 spiro atoms. The van der Waals surface area contributed by atoms with Gasteiger partial charge in [-0.15, -0.1) is 0 Å². The van der Waals surface area contributed by atoms with Crippen molar-refractivity contribution in [2.75, 3.05) is 19.7 Å². The van der Waals surface area contributed by atoms with Crippen molar-refractivity contribution in [2.24, 2.45) is 0 Å². The molecule has 10 heteroatoms. The first-order valence-electron chi connectivity index (χ1n) is 10.9. The van der Waals surface area contributed by atoms with Crippen LogP contribution in [0.3, 0.4) is 0 Å². The standard InChI is InChI=1S/C23H25ClN6O3/c1-2-3-11-33-23(32)26-10-4-9-25-22(31)14-5-7-17-16(12-14)20(30-29-17)21-27-18-8-6-15(24)13-19(18)28-21/h5-8,12-13H,2-4,9-11H2,1H3,(H,25,31)(H,26,32)(H,27,28)(H,29,30). The van der Waals surface area contributed by atoms with E-state index in [1.165, 1.54) is 0 Å². The second kappa shape index (κ2) is 10.4. The molecule has 0 aliphatic carbocycles. The van der Waals surface area contributed by atoms with Gasteiger partial charge in [0, 0.05) is 29.1 Å². The van der Waals surface area contributed by atoms with Crippen LogP contribution in [0.25, 0.3) is 33.5 Å². The van der Waals surface area contributed by atoms with Gasteiger partial charge in [-0.1, -0.05) is 24.9 Å². The molecule has 0 aliphatic rings. The fourth-order valence-corrected chi connectivity index (χ4v) is 3.54. The van der Waals surface area contributed by atoms with Crippen LogP contribution in [0.4, 0.5) is 4.79 Å². The Morgan fingerprint density at radius 2 is 1.91 bits per heavy atom. The van der Waals surface area contributed by atoms with Gasteiger partial charge in [-0.05, 0) is 49.2 Å². The highest BCUT2D eigenvalue weighted by molar-refractivity contribution is 6.31. The molecule has 0 unspecified atom stereocenters. The van der Waals surface area contributed by atoms with Gasteiger partial charge in [0.15, 0.2) is 5.82 Å². The number of carbonyl (C=O) groups is 2. The van der Waals surface area contributed by atoms with E-state index in [9.17, 15) is 9.59 Å². The van der Waals surface area contributed by atoms with Crippen molar-refractivity contribution in [3.05, 3.63) is 47.0 Å². The number of amides is 2. The van der Waals surface area contributed by atoms with Crippen LogP contribution in [0, 0.1) is 0 Å². The van der Waals surface area contributed by atoms with Gasteiger partial charge in [-0.2, -0.15) is 5.10 Å². The summed E-state index contributed by atoms with van der Waals surface area (Å²) >= 11 is 6.07. The van der Waals surface area contributed by atoms with Crippen LogP contribution < -0.4 is 10.6 Å². The van der Waals surface area contributed by atoms with Gasteiger partial charge in [0.05, 0.1) is 23.2 Å². The molecule has 2 aromatic carbocycles. The summed E-state index contributed by atoms with van der Waals surface area (Å²) in [5.74, 6) is 0.388. The van der Waals surface area contributed by atoms with Crippen molar-refractivity contribution in [1.82, 2.24) is 30.8 Å². The lowest BCUT2D eigenvalue weighted by Crippen LogP contribution is -2.30. The number of nitrogens with one attached hydrogen (secondary N) is 4. The predicted octanol–water partition coefficient (Wildman–Crippen LogP) is 4.41. The molecule has 0 saturated carbocycles. The average molecular weight is 469 g/mol. The highest BCUT2D eigenvalue weighted by atomic mass is 35.5. The van der Waals surface area contributed by atoms with Crippen molar-refractivity contribution in [2.45, 2.75) is 26.2 Å². The molecule has 0 fully saturated rings. The predicted molar refractivity (Wildman–Crippen MR) is 127 cm³/mol. The minimum absolute atomic E-state index is 0.203. The summed E-state index contributed by atoms with van der Waals surface area (Å²) in [6, 6.07) is 10.8. The number of aromatic amines is 2. The number of ether oxygens (including phenoxy) is 1. The van der Waals surface area contributed by atoms with E-state index in [-0.39, 0.29) is 5.91 Å². The lowest BCUT2D eigenvalue weighted by atomic mass is 10.1. The van der Waals surface area contributed by atoms with Gasteiger partial charge >= 0.3 is 6.09 Å². The summed E-state index contributed by atoms with van der Waals surface area (Å²) in [7, 11) is 0. The zero-order valence-electron chi connectivity index (χ0n) is 18.2. The fraction of sp³-hybridized carbons (Fsp3) is 0.304. The summed E-state index contributed by atoms with van der Waals surface area (Å²) in [4.78, 5) is 31.9. The highest BCUT2D eigenvalue weighted by Crippen LogP contribution is 2.28. The molecule has 4 N–H and O–H groups in total. The Kier molecular flexibility index (Phi) is 7.09. The molecule has 0 radical (unpaired) electrons. The number of carbonyl (C=O) groups excluding carboxylic acids is 2. The molecule has 0 aliphatic heterocycles. The molecule has 2 heterocycles. The number of imidazole rings is 1. The van der Waals surface area contributed by atoms with Gasteiger partial charge in [0.25, 0.3) is 5.91 Å². The van der Waals surface area contributed by atoms with Crippen LogP contribution in [-0.4, -0.2) is 51.9 Å². The monoisotopic (exact) mass is 468 g/mol. The molecule has 0 atom stereocenters. The number of aromatic nitrogens is 4. The minimum Gasteiger partial charge on any atom is -0.450 e. The van der Waals surface area contributed by atoms with Gasteiger partial charge in [-0.3, -0.25) is 9.89 Å². The van der Waals surface area contributed by atoms with E-state index in [1.54, 1.807) is 24.3 Å². The Morgan fingerprint density at radius 3 is 2.76 bits per heavy atom. The second-order valence-electron chi connectivity index (χ2n) is 7.61. The molecule has 2 aromatic heterocycles. The smallest absolute Gasteiger partial charge is 0.407 e. The minimum atomic E-state index is -0.430. The van der Waals surface area contributed by atoms with Gasteiger partial charge in [-0.25, -0.2) is 9.78 Å². The topological polar surface area (TPSA) is 125 Å². The summed E-state index contributed by atoms with van der Waals surface area (Å²) in [6.45, 7) is 3.30. The third-order valence-electron chi connectivity index (χ3n) is 5.13. The number of alkyl carbamates (subject to hydrolysis) is 1. The van der Waals surface area contributed by atoms with Crippen molar-refractivity contribution >= 4 is 45.5 Å². The van der Waals surface area contributed by atoms with E-state index in [0.717, 1.165) is 34.8 Å². The molecule has 4 aromatic rings. The first-order valence-corrected chi connectivity index (χ1v) is 11.3. The number of benzene rings is 2. The maximum Gasteiger partial charge on any atom is 0.407 e. The van der Waals surface area contributed by atoms with E-state index < -0.39 is 6.09 Å². The van der Waals surface area contributed by atoms with E-state index in [2.05, 4.69) is 30.8 Å². The van der Waals surface area contributed by atoms with Crippen LogP contribution in [0.2, 0.25) is 5.02 Å². The first kappa shape index (κ1) is 22.6. The first-order chi connectivity index (χ1) is 16.0. The molecular weight excluding hydrogens is 444 g/mol. The quantitative estimate of drug-likeness (QED) is 0.271. The Balaban J connectivity index is 1.37. The molecule has 0 saturated heterocycles. The fourth-order valence-electron chi connectivity index (χ4n) is 3.37. The van der Waals surface area contributed by atoms with Crippen LogP contribution >= 0.6 is 11.6 Å². The summed E-state index contributed by atoms with van der Waals surface area (Å²) in [5, 5.41) is 14.3. The Bertz CT molecular complexity index is 1280. The van der Waals surface area contributed by atoms with E-state index in [4.69, 9.17) is 16.3 Å². The number of rotatable bonds is 9. The van der Waals surface area contributed by atoms with Crippen LogP contribution in [-0.2, 0) is 4.74 Å². The number of hydrogen-bond donors (Lipinski definition) is 4. The van der Waals surface area contributed by atoms with Crippen LogP contribution in [0.15, 0.2) is 36.4 Å². The van der Waals surface area contributed by atoms with E-state index in [0.29, 0.717) is 48.2 Å². The molecule has 9 nitrogen and oxygen atoms in total. The number of hydrogen-bond acceptors (Lipinski definition) is 5. The number of halogens is 1. The van der Waals surface area contributed by atoms with Crippen molar-refractivity contribution in [3.63, 3.8) is 0 Å². The lowest BCUT2D eigenvalue weighted by Gasteiger charge is -2.08. The molecular formula is C23H25ClN6O3. The number of unbranched alkanes of at least 4 members (excludes halogenated alkanes) is 1. The van der Waals surface area contributed by atoms with Crippen LogP contribution in [0.5, 0.6) is 0 Å². The normalized spacial score (nSPS) is 11.1. The molecule has 33 heavy (non-hydrogen) atoms. The zero-order valence-corrected chi connectivity index (χ0v) is 19.0. The molecule has 2 amide bonds. The van der Waals surface area contributed by atoms with Crippen molar-refractivity contribution < 1.29 is 14.3 Å². The summed E-state index contributed by atoms with van der Waals surface area (Å²) < 4.78 is 5.02. The number of nitrogens with zero attached hydrogens (tertiary/aromatic N) is 2. The van der Waals surface area contributed by atoms with E-state index in [1.807, 2.05) is 19.1 Å². The van der Waals surface area contributed by atoms with Crippen molar-refractivity contribution in [1.29, 1.82) is 0 Å². The highest BCUT2D eigenvalue weighted by Gasteiger charge is 2.15. The third-order valence-corrected chi connectivity index (χ3v) is 5.37. The zero-order chi connectivity index (χ0) is 23.2. The number of fused-ring (bicyclic) bond motifs is 2. The maximum atomic E-state index is 12.6. The summed E-state index contributed by atoms with van der Waals surface area (Å²) in [5.41, 5.74) is 3.52. The van der Waals surface area contributed by atoms with Crippen molar-refractivity contribution in [3.8, 4) is 11.5 Å². The molecule has 0 bridgehead atoms. The molecule has 4 rings (SSSR count). The average Bonchev–Trinajstić information content (AvgIpc) is 3.41. The Labute approximate surface area is 195 Å². The Hall–Kier alpha value is -3.59. The Morgan fingerprint density at radius 1 is 1.06 bits per heavy atom. The molecule has 172 valence electrons. The maximum absolute atomic E-state index is 12.6. The van der Waals surface area contributed by atoms with Gasteiger partial charge in [0.2, 0.25) is 0 Å². The second-order valence-corrected chi connectivity index (χ2v) is 8.04. The third kappa shape index (κ3) is 5.43. The lowest BCUT2D eigenvalue weighted by molar-refractivity contribution is 0.0953. The summed E-state index contributed by atoms with van der Waals surface area (Å²) in [6.07, 6.45) is 1.98. The van der Waals surface area contributed by atoms with E-state index >= 15 is 0 Å². The van der Waals surface area contributed by atoms with Crippen LogP contribution in [0.1, 0.15) is 36.5 Å². The van der Waals surface area contributed by atoms with Gasteiger partial charge < -0.3 is 20.4 Å². The largest absolute Gasteiger partial charge is 0.450 e. The number of H-pyrrole nitrogens is 2. The van der Waals surface area contributed by atoms with Gasteiger partial charge in [0.1, 0.15) is 5.69 Å².